The third kappa shape index (κ3) is 4.53. The van der Waals surface area contributed by atoms with Crippen molar-refractivity contribution in [2.24, 2.45) is 0 Å². The van der Waals surface area contributed by atoms with Crippen LogP contribution in [0.3, 0.4) is 0 Å². The average molecular weight is 453 g/mol. The normalized spacial score (nSPS) is 22.3. The molecule has 1 aliphatic carbocycles. The molecule has 2 aromatic rings. The predicted octanol–water partition coefficient (Wildman–Crippen LogP) is 4.70. The van der Waals surface area contributed by atoms with Gasteiger partial charge in [-0.15, -0.1) is 13.2 Å². The Labute approximate surface area is 182 Å². The number of fused-ring (bicyclic) bond motifs is 2. The molecule has 1 amide bonds. The highest BCUT2D eigenvalue weighted by Gasteiger charge is 2.52. The minimum absolute atomic E-state index is 0.00300. The van der Waals surface area contributed by atoms with Crippen molar-refractivity contribution in [1.82, 2.24) is 4.90 Å². The summed E-state index contributed by atoms with van der Waals surface area (Å²) >= 11 is 0. The lowest BCUT2D eigenvalue weighted by molar-refractivity contribution is -0.325. The molecule has 0 aromatic heterocycles. The van der Waals surface area contributed by atoms with E-state index in [2.05, 4.69) is 4.74 Å². The first-order chi connectivity index (χ1) is 15.2. The van der Waals surface area contributed by atoms with Gasteiger partial charge in [-0.1, -0.05) is 12.1 Å². The Kier molecular flexibility index (Phi) is 6.03. The van der Waals surface area contributed by atoms with Crippen LogP contribution in [0.25, 0.3) is 0 Å². The van der Waals surface area contributed by atoms with Gasteiger partial charge in [-0.25, -0.2) is 4.39 Å². The fraction of sp³-hybridized carbons (Fsp3) is 0.435. The average Bonchev–Trinajstić information content (AvgIpc) is 2.75. The molecule has 0 atom stereocenters. The van der Waals surface area contributed by atoms with Gasteiger partial charge in [0.1, 0.15) is 12.4 Å². The van der Waals surface area contributed by atoms with Crippen LogP contribution >= 0.6 is 0 Å². The van der Waals surface area contributed by atoms with Gasteiger partial charge in [0.05, 0.1) is 13.7 Å². The van der Waals surface area contributed by atoms with E-state index in [0.717, 1.165) is 24.8 Å². The van der Waals surface area contributed by atoms with E-state index in [1.54, 1.807) is 6.07 Å². The van der Waals surface area contributed by atoms with Gasteiger partial charge in [0.2, 0.25) is 0 Å². The minimum Gasteiger partial charge on any atom is -0.493 e. The van der Waals surface area contributed by atoms with Crippen LogP contribution in [0, 0.1) is 5.82 Å². The molecule has 5 nitrogen and oxygen atoms in total. The van der Waals surface area contributed by atoms with Crippen molar-refractivity contribution in [2.75, 3.05) is 26.9 Å². The number of hydrogen-bond acceptors (Lipinski definition) is 4. The highest BCUT2D eigenvalue weighted by molar-refractivity contribution is 5.95. The lowest BCUT2D eigenvalue weighted by Gasteiger charge is -2.58. The molecule has 32 heavy (non-hydrogen) atoms. The van der Waals surface area contributed by atoms with Crippen LogP contribution in [0.15, 0.2) is 42.5 Å². The third-order valence-electron chi connectivity index (χ3n) is 6.26. The first-order valence-corrected chi connectivity index (χ1v) is 10.3. The Balaban J connectivity index is 1.38. The molecule has 3 fully saturated rings. The second-order valence-corrected chi connectivity index (χ2v) is 8.11. The summed E-state index contributed by atoms with van der Waals surface area (Å²) in [6, 6.07) is 11.3. The summed E-state index contributed by atoms with van der Waals surface area (Å²) in [5, 5.41) is 0. The van der Waals surface area contributed by atoms with Crippen LogP contribution in [-0.2, 0) is 10.2 Å². The third-order valence-corrected chi connectivity index (χ3v) is 6.26. The van der Waals surface area contributed by atoms with Crippen molar-refractivity contribution in [3.8, 4) is 11.5 Å². The second kappa shape index (κ2) is 8.61. The highest BCUT2D eigenvalue weighted by Crippen LogP contribution is 2.52. The zero-order valence-corrected chi connectivity index (χ0v) is 17.5. The van der Waals surface area contributed by atoms with Gasteiger partial charge in [-0.05, 0) is 55.2 Å². The molecule has 2 saturated heterocycles. The molecule has 2 aliphatic heterocycles. The molecule has 5 rings (SSSR count). The number of benzene rings is 2. The maximum absolute atomic E-state index is 13.2. The number of halogens is 4. The molecule has 3 aliphatic rings. The monoisotopic (exact) mass is 453 g/mol. The zero-order valence-electron chi connectivity index (χ0n) is 17.5. The van der Waals surface area contributed by atoms with E-state index in [-0.39, 0.29) is 41.3 Å². The quantitative estimate of drug-likeness (QED) is 0.451. The number of carbonyl (C=O) groups excluding carboxylic acids is 1. The first kappa shape index (κ1) is 22.4. The van der Waals surface area contributed by atoms with Crippen LogP contribution in [0.1, 0.15) is 35.2 Å². The topological polar surface area (TPSA) is 48.0 Å². The maximum Gasteiger partial charge on any atom is 0.522 e. The number of amides is 1. The van der Waals surface area contributed by atoms with Crippen molar-refractivity contribution in [3.63, 3.8) is 0 Å². The van der Waals surface area contributed by atoms with Gasteiger partial charge < -0.3 is 14.4 Å². The van der Waals surface area contributed by atoms with E-state index >= 15 is 0 Å². The van der Waals surface area contributed by atoms with Crippen molar-refractivity contribution in [1.29, 1.82) is 0 Å². The van der Waals surface area contributed by atoms with Gasteiger partial charge in [-0.3, -0.25) is 9.53 Å². The Morgan fingerprint density at radius 1 is 1.09 bits per heavy atom. The van der Waals surface area contributed by atoms with E-state index in [1.807, 2.05) is 17.0 Å². The standard InChI is InChI=1S/C23H23F4NO4/c1-30-20-12-15(2-7-19(20)31-10-11-32-23(25,26)27)21(29)28-9-8-22(13-18(28)14-22)16-3-5-17(24)6-4-16/h2-7,12,18H,8-11,13-14H2,1H3. The molecule has 0 spiro atoms. The summed E-state index contributed by atoms with van der Waals surface area (Å²) < 4.78 is 63.7. The van der Waals surface area contributed by atoms with Gasteiger partial charge in [0, 0.05) is 23.6 Å². The molecule has 2 aromatic carbocycles. The smallest absolute Gasteiger partial charge is 0.493 e. The van der Waals surface area contributed by atoms with E-state index in [0.29, 0.717) is 12.1 Å². The minimum atomic E-state index is -4.71. The number of nitrogens with zero attached hydrogens (tertiary/aromatic N) is 1. The Hall–Kier alpha value is -2.81. The summed E-state index contributed by atoms with van der Waals surface area (Å²) in [5.41, 5.74) is 1.53. The molecule has 0 unspecified atom stereocenters. The van der Waals surface area contributed by atoms with Gasteiger partial charge in [-0.2, -0.15) is 0 Å². The number of alkyl halides is 3. The largest absolute Gasteiger partial charge is 0.522 e. The molecule has 2 bridgehead atoms. The second-order valence-electron chi connectivity index (χ2n) is 8.11. The van der Waals surface area contributed by atoms with Gasteiger partial charge in [0.15, 0.2) is 11.5 Å². The van der Waals surface area contributed by atoms with Crippen LogP contribution < -0.4 is 9.47 Å². The summed E-state index contributed by atoms with van der Waals surface area (Å²) in [5.74, 6) is 0.0946. The Morgan fingerprint density at radius 3 is 2.41 bits per heavy atom. The molecular formula is C23H23F4NO4. The van der Waals surface area contributed by atoms with Crippen LogP contribution in [0.2, 0.25) is 0 Å². The molecule has 2 heterocycles. The van der Waals surface area contributed by atoms with Gasteiger partial charge >= 0.3 is 6.36 Å². The molecule has 172 valence electrons. The van der Waals surface area contributed by atoms with Crippen LogP contribution in [0.5, 0.6) is 11.5 Å². The van der Waals surface area contributed by atoms with E-state index in [9.17, 15) is 22.4 Å². The van der Waals surface area contributed by atoms with Crippen molar-refractivity contribution in [3.05, 3.63) is 59.4 Å². The molecule has 0 radical (unpaired) electrons. The Morgan fingerprint density at radius 2 is 1.81 bits per heavy atom. The number of carbonyl (C=O) groups is 1. The number of ether oxygens (including phenoxy) is 3. The lowest BCUT2D eigenvalue weighted by Crippen LogP contribution is -2.61. The summed E-state index contributed by atoms with van der Waals surface area (Å²) in [6.07, 6.45) is -2.24. The number of hydrogen-bond donors (Lipinski definition) is 0. The zero-order chi connectivity index (χ0) is 22.9. The SMILES string of the molecule is COc1cc(C(=O)N2CCC3(c4ccc(F)cc4)CC2C3)ccc1OCCOC(F)(F)F. The van der Waals surface area contributed by atoms with Crippen molar-refractivity contribution >= 4 is 5.91 Å². The number of methoxy groups -OCH3 is 1. The van der Waals surface area contributed by atoms with E-state index in [1.165, 1.54) is 31.4 Å². The molecular weight excluding hydrogens is 430 g/mol. The summed E-state index contributed by atoms with van der Waals surface area (Å²) in [4.78, 5) is 15.0. The van der Waals surface area contributed by atoms with Gasteiger partial charge in [0.25, 0.3) is 5.91 Å². The summed E-state index contributed by atoms with van der Waals surface area (Å²) in [6.45, 7) is -0.377. The first-order valence-electron chi connectivity index (χ1n) is 10.3. The van der Waals surface area contributed by atoms with Crippen molar-refractivity contribution in [2.45, 2.75) is 37.1 Å². The summed E-state index contributed by atoms with van der Waals surface area (Å²) in [7, 11) is 1.40. The van der Waals surface area contributed by atoms with Crippen LogP contribution in [-0.4, -0.2) is 50.1 Å². The lowest BCUT2D eigenvalue weighted by atomic mass is 9.57. The van der Waals surface area contributed by atoms with E-state index in [4.69, 9.17) is 9.47 Å². The molecule has 0 N–H and O–H groups in total. The number of piperidine rings is 2. The fourth-order valence-corrected chi connectivity index (χ4v) is 4.63. The van der Waals surface area contributed by atoms with Crippen molar-refractivity contribution < 1.29 is 36.6 Å². The number of rotatable bonds is 7. The maximum atomic E-state index is 13.2. The fourth-order valence-electron chi connectivity index (χ4n) is 4.63. The van der Waals surface area contributed by atoms with Crippen LogP contribution in [0.4, 0.5) is 17.6 Å². The molecule has 1 saturated carbocycles. The Bertz CT molecular complexity index is 965. The predicted molar refractivity (Wildman–Crippen MR) is 107 cm³/mol. The molecule has 9 heteroatoms. The highest BCUT2D eigenvalue weighted by atomic mass is 19.4. The van der Waals surface area contributed by atoms with E-state index < -0.39 is 13.0 Å².